The molecule has 41 heavy (non-hydrogen) atoms. The molecule has 2 aromatic heterocycles. The Morgan fingerprint density at radius 1 is 1.02 bits per heavy atom. The molecule has 4 heterocycles. The molecule has 2 aliphatic heterocycles. The molecule has 0 unspecified atom stereocenters. The molecule has 214 valence electrons. The van der Waals surface area contributed by atoms with Crippen LogP contribution >= 0.6 is 0 Å². The second-order valence-corrected chi connectivity index (χ2v) is 9.70. The van der Waals surface area contributed by atoms with Crippen LogP contribution < -0.4 is 20.3 Å². The highest BCUT2D eigenvalue weighted by Gasteiger charge is 2.24. The zero-order chi connectivity index (χ0) is 28.6. The molecule has 2 saturated heterocycles. The first-order chi connectivity index (χ1) is 20.0. The third-order valence-corrected chi connectivity index (χ3v) is 6.74. The van der Waals surface area contributed by atoms with Gasteiger partial charge in [0.05, 0.1) is 30.8 Å². The Morgan fingerprint density at radius 3 is 2.39 bits per heavy atom. The van der Waals surface area contributed by atoms with Gasteiger partial charge in [-0.15, -0.1) is 0 Å². The maximum absolute atomic E-state index is 12.3. The van der Waals surface area contributed by atoms with E-state index in [9.17, 15) is 4.79 Å². The lowest BCUT2D eigenvalue weighted by molar-refractivity contribution is -0.134. The number of carboxylic acid groups (broad SMARTS) is 1. The molecule has 2 aromatic carbocycles. The van der Waals surface area contributed by atoms with Gasteiger partial charge in [0.2, 0.25) is 0 Å². The Bertz CT molecular complexity index is 1460. The SMILES string of the molecule is CC(=O)O.O=C(Nc1ccc(-c2nc(N3CCOCC3)c3cnn(C4CCNCC4)c3n2)cc1)Oc1ccccc1. The minimum atomic E-state index is -0.833. The molecule has 0 aliphatic carbocycles. The van der Waals surface area contributed by atoms with E-state index in [0.29, 0.717) is 36.5 Å². The normalized spacial score (nSPS) is 15.6. The number of morpholine rings is 1. The predicted octanol–water partition coefficient (Wildman–Crippen LogP) is 3.96. The number of amides is 1. The van der Waals surface area contributed by atoms with Crippen LogP contribution in [-0.4, -0.2) is 76.3 Å². The van der Waals surface area contributed by atoms with Crippen molar-refractivity contribution in [2.24, 2.45) is 0 Å². The Hall–Kier alpha value is -4.55. The van der Waals surface area contributed by atoms with Crippen LogP contribution in [0.3, 0.4) is 0 Å². The number of nitrogens with one attached hydrogen (secondary N) is 2. The molecule has 0 saturated carbocycles. The van der Waals surface area contributed by atoms with Gasteiger partial charge in [-0.3, -0.25) is 10.1 Å². The van der Waals surface area contributed by atoms with Gasteiger partial charge in [-0.25, -0.2) is 19.4 Å². The van der Waals surface area contributed by atoms with Crippen molar-refractivity contribution in [3.05, 3.63) is 60.8 Å². The van der Waals surface area contributed by atoms with Gasteiger partial charge in [0, 0.05) is 31.3 Å². The second kappa shape index (κ2) is 13.2. The lowest BCUT2D eigenvalue weighted by atomic mass is 10.1. The number of hydrogen-bond donors (Lipinski definition) is 3. The van der Waals surface area contributed by atoms with Crippen LogP contribution in [-0.2, 0) is 9.53 Å². The Labute approximate surface area is 237 Å². The van der Waals surface area contributed by atoms with Crippen molar-refractivity contribution in [1.82, 2.24) is 25.1 Å². The summed E-state index contributed by atoms with van der Waals surface area (Å²) >= 11 is 0. The number of rotatable bonds is 5. The van der Waals surface area contributed by atoms with Crippen molar-refractivity contribution < 1.29 is 24.2 Å². The molecule has 0 bridgehead atoms. The van der Waals surface area contributed by atoms with Crippen LogP contribution in [0, 0.1) is 0 Å². The van der Waals surface area contributed by atoms with Crippen molar-refractivity contribution in [1.29, 1.82) is 0 Å². The van der Waals surface area contributed by atoms with Crippen molar-refractivity contribution >= 4 is 34.6 Å². The molecular formula is C29H33N7O5. The standard InChI is InChI=1S/C27H29N7O3.C2H4O2/c35-27(37-22-4-2-1-3-5-22)30-20-8-6-19(7-9-20)24-31-25(33-14-16-36-17-15-33)23-18-29-34(26(23)32-24)21-10-12-28-13-11-21;1-2(3)4/h1-9,18,21,28H,10-17H2,(H,30,35);1H3,(H,3,4). The van der Waals surface area contributed by atoms with E-state index in [2.05, 4.69) is 20.2 Å². The molecular weight excluding hydrogens is 526 g/mol. The van der Waals surface area contributed by atoms with Crippen molar-refractivity contribution in [2.45, 2.75) is 25.8 Å². The highest BCUT2D eigenvalue weighted by Crippen LogP contribution is 2.31. The number of carbonyl (C=O) groups is 2. The third kappa shape index (κ3) is 7.16. The van der Waals surface area contributed by atoms with Crippen molar-refractivity contribution in [3.8, 4) is 17.1 Å². The number of fused-ring (bicyclic) bond motifs is 1. The smallest absolute Gasteiger partial charge is 0.417 e. The molecule has 12 heteroatoms. The highest BCUT2D eigenvalue weighted by molar-refractivity contribution is 5.89. The van der Waals surface area contributed by atoms with Gasteiger partial charge in [0.25, 0.3) is 5.97 Å². The molecule has 0 spiro atoms. The van der Waals surface area contributed by atoms with Crippen LogP contribution in [0.1, 0.15) is 25.8 Å². The number of piperidine rings is 1. The molecule has 1 amide bonds. The summed E-state index contributed by atoms with van der Waals surface area (Å²) in [5.41, 5.74) is 2.34. The Morgan fingerprint density at radius 2 is 1.71 bits per heavy atom. The number of carboxylic acids is 1. The highest BCUT2D eigenvalue weighted by atomic mass is 16.6. The molecule has 3 N–H and O–H groups in total. The number of nitrogens with zero attached hydrogens (tertiary/aromatic N) is 5. The summed E-state index contributed by atoms with van der Waals surface area (Å²) in [7, 11) is 0. The fraction of sp³-hybridized carbons (Fsp3) is 0.345. The number of benzene rings is 2. The molecule has 0 radical (unpaired) electrons. The molecule has 0 atom stereocenters. The topological polar surface area (TPSA) is 144 Å². The van der Waals surface area contributed by atoms with E-state index in [-0.39, 0.29) is 0 Å². The number of aliphatic carboxylic acids is 1. The van der Waals surface area contributed by atoms with E-state index < -0.39 is 12.1 Å². The third-order valence-electron chi connectivity index (χ3n) is 6.74. The number of hydrogen-bond acceptors (Lipinski definition) is 9. The van der Waals surface area contributed by atoms with Gasteiger partial charge in [0.1, 0.15) is 11.6 Å². The van der Waals surface area contributed by atoms with Crippen LogP contribution in [0.5, 0.6) is 5.75 Å². The maximum Gasteiger partial charge on any atom is 0.417 e. The van der Waals surface area contributed by atoms with E-state index in [1.807, 2.05) is 48.7 Å². The molecule has 2 aliphatic rings. The van der Waals surface area contributed by atoms with Crippen molar-refractivity contribution in [3.63, 3.8) is 0 Å². The summed E-state index contributed by atoms with van der Waals surface area (Å²) in [5, 5.41) is 19.3. The lowest BCUT2D eigenvalue weighted by Gasteiger charge is -2.28. The number of aromatic nitrogens is 4. The number of carbonyl (C=O) groups excluding carboxylic acids is 1. The van der Waals surface area contributed by atoms with Crippen LogP contribution in [0.15, 0.2) is 60.8 Å². The van der Waals surface area contributed by atoms with Gasteiger partial charge in [-0.2, -0.15) is 5.10 Å². The average Bonchev–Trinajstić information content (AvgIpc) is 3.42. The molecule has 12 nitrogen and oxygen atoms in total. The first kappa shape index (κ1) is 28.0. The molecule has 6 rings (SSSR count). The van der Waals surface area contributed by atoms with Gasteiger partial charge >= 0.3 is 6.09 Å². The summed E-state index contributed by atoms with van der Waals surface area (Å²) < 4.78 is 13.0. The van der Waals surface area contributed by atoms with E-state index >= 15 is 0 Å². The maximum atomic E-state index is 12.3. The summed E-state index contributed by atoms with van der Waals surface area (Å²) in [6.45, 7) is 5.92. The van der Waals surface area contributed by atoms with E-state index in [0.717, 1.165) is 68.4 Å². The number of para-hydroxylation sites is 1. The minimum Gasteiger partial charge on any atom is -0.481 e. The van der Waals surface area contributed by atoms with Crippen LogP contribution in [0.4, 0.5) is 16.3 Å². The first-order valence-electron chi connectivity index (χ1n) is 13.6. The zero-order valence-corrected chi connectivity index (χ0v) is 22.8. The van der Waals surface area contributed by atoms with E-state index in [1.165, 1.54) is 0 Å². The molecule has 2 fully saturated rings. The van der Waals surface area contributed by atoms with Crippen LogP contribution in [0.25, 0.3) is 22.4 Å². The predicted molar refractivity (Wildman–Crippen MR) is 154 cm³/mol. The summed E-state index contributed by atoms with van der Waals surface area (Å²) in [6, 6.07) is 16.7. The fourth-order valence-corrected chi connectivity index (χ4v) is 4.82. The first-order valence-corrected chi connectivity index (χ1v) is 13.6. The fourth-order valence-electron chi connectivity index (χ4n) is 4.82. The van der Waals surface area contributed by atoms with Crippen LogP contribution in [0.2, 0.25) is 0 Å². The second-order valence-electron chi connectivity index (χ2n) is 9.70. The monoisotopic (exact) mass is 559 g/mol. The quantitative estimate of drug-likeness (QED) is 0.329. The largest absolute Gasteiger partial charge is 0.481 e. The van der Waals surface area contributed by atoms with Gasteiger partial charge in [-0.05, 0) is 62.3 Å². The Kier molecular flexibility index (Phi) is 9.02. The van der Waals surface area contributed by atoms with Gasteiger partial charge < -0.3 is 24.8 Å². The van der Waals surface area contributed by atoms with Gasteiger partial charge in [-0.1, -0.05) is 18.2 Å². The van der Waals surface area contributed by atoms with E-state index in [1.54, 1.807) is 12.1 Å². The summed E-state index contributed by atoms with van der Waals surface area (Å²) in [6.07, 6.45) is 3.39. The van der Waals surface area contributed by atoms with E-state index in [4.69, 9.17) is 34.4 Å². The van der Waals surface area contributed by atoms with Gasteiger partial charge in [0.15, 0.2) is 11.5 Å². The average molecular weight is 560 g/mol. The Balaban J connectivity index is 0.000000794. The number of ether oxygens (including phenoxy) is 2. The zero-order valence-electron chi connectivity index (χ0n) is 22.8. The summed E-state index contributed by atoms with van der Waals surface area (Å²) in [5.74, 6) is 1.17. The number of anilines is 2. The van der Waals surface area contributed by atoms with Crippen molar-refractivity contribution in [2.75, 3.05) is 49.6 Å². The molecule has 4 aromatic rings. The minimum absolute atomic E-state index is 0.307. The summed E-state index contributed by atoms with van der Waals surface area (Å²) in [4.78, 5) is 33.5. The lowest BCUT2D eigenvalue weighted by Crippen LogP contribution is -2.37.